The highest BCUT2D eigenvalue weighted by molar-refractivity contribution is 6.29. The SMILES string of the molecule is CC(C)=C(C)c1ccnc(Cl)c1. The first kappa shape index (κ1) is 9.27. The maximum absolute atomic E-state index is 5.76. The smallest absolute Gasteiger partial charge is 0.129 e. The van der Waals surface area contributed by atoms with Crippen LogP contribution in [0.25, 0.3) is 5.57 Å². The van der Waals surface area contributed by atoms with E-state index in [1.54, 1.807) is 6.20 Å². The van der Waals surface area contributed by atoms with Crippen molar-refractivity contribution in [2.75, 3.05) is 0 Å². The highest BCUT2D eigenvalue weighted by Gasteiger charge is 1.97. The zero-order valence-corrected chi connectivity index (χ0v) is 8.31. The van der Waals surface area contributed by atoms with Crippen molar-refractivity contribution in [3.63, 3.8) is 0 Å². The van der Waals surface area contributed by atoms with Gasteiger partial charge >= 0.3 is 0 Å². The standard InChI is InChI=1S/C10H12ClN/c1-7(2)8(3)9-4-5-12-10(11)6-9/h4-6H,1-3H3. The van der Waals surface area contributed by atoms with Crippen LogP contribution >= 0.6 is 11.6 Å². The molecule has 0 saturated carbocycles. The Morgan fingerprint density at radius 1 is 1.33 bits per heavy atom. The molecule has 0 saturated heterocycles. The molecule has 2 heteroatoms. The maximum atomic E-state index is 5.76. The zero-order chi connectivity index (χ0) is 9.14. The quantitative estimate of drug-likeness (QED) is 0.604. The van der Waals surface area contributed by atoms with Gasteiger partial charge in [0.2, 0.25) is 0 Å². The number of halogens is 1. The van der Waals surface area contributed by atoms with E-state index in [9.17, 15) is 0 Å². The third-order valence-electron chi connectivity index (χ3n) is 1.91. The molecule has 0 atom stereocenters. The van der Waals surface area contributed by atoms with Crippen molar-refractivity contribution in [2.24, 2.45) is 0 Å². The molecule has 1 rings (SSSR count). The fraction of sp³-hybridized carbons (Fsp3) is 0.300. The lowest BCUT2D eigenvalue weighted by Crippen LogP contribution is -1.83. The van der Waals surface area contributed by atoms with Crippen molar-refractivity contribution in [3.8, 4) is 0 Å². The van der Waals surface area contributed by atoms with Crippen LogP contribution in [0.2, 0.25) is 5.15 Å². The van der Waals surface area contributed by atoms with Crippen molar-refractivity contribution in [1.82, 2.24) is 4.98 Å². The van der Waals surface area contributed by atoms with E-state index in [-0.39, 0.29) is 0 Å². The predicted octanol–water partition coefficient (Wildman–Crippen LogP) is 3.55. The first-order chi connectivity index (χ1) is 5.61. The summed E-state index contributed by atoms with van der Waals surface area (Å²) in [4.78, 5) is 3.92. The van der Waals surface area contributed by atoms with Gasteiger partial charge in [0.15, 0.2) is 0 Å². The first-order valence-electron chi connectivity index (χ1n) is 3.87. The Balaban J connectivity index is 3.13. The molecule has 1 nitrogen and oxygen atoms in total. The molecule has 1 heterocycles. The summed E-state index contributed by atoms with van der Waals surface area (Å²) < 4.78 is 0. The lowest BCUT2D eigenvalue weighted by atomic mass is 10.1. The Kier molecular flexibility index (Phi) is 2.88. The summed E-state index contributed by atoms with van der Waals surface area (Å²) in [5.41, 5.74) is 3.71. The van der Waals surface area contributed by atoms with Gasteiger partial charge in [0.05, 0.1) is 0 Å². The van der Waals surface area contributed by atoms with Crippen LogP contribution in [0.5, 0.6) is 0 Å². The second-order valence-electron chi connectivity index (χ2n) is 2.99. The van der Waals surface area contributed by atoms with Gasteiger partial charge in [0, 0.05) is 6.20 Å². The van der Waals surface area contributed by atoms with Gasteiger partial charge in [-0.15, -0.1) is 0 Å². The van der Waals surface area contributed by atoms with Gasteiger partial charge in [0.1, 0.15) is 5.15 Å². The van der Waals surface area contributed by atoms with Gasteiger partial charge in [-0.3, -0.25) is 0 Å². The van der Waals surface area contributed by atoms with E-state index in [1.807, 2.05) is 12.1 Å². The number of rotatable bonds is 1. The third kappa shape index (κ3) is 2.08. The van der Waals surface area contributed by atoms with Crippen LogP contribution in [-0.4, -0.2) is 4.98 Å². The molecule has 1 aromatic rings. The maximum Gasteiger partial charge on any atom is 0.129 e. The Bertz CT molecular complexity index is 311. The molecule has 0 aliphatic carbocycles. The Labute approximate surface area is 78.1 Å². The van der Waals surface area contributed by atoms with Crippen molar-refractivity contribution in [3.05, 3.63) is 34.6 Å². The zero-order valence-electron chi connectivity index (χ0n) is 7.56. The molecule has 0 spiro atoms. The second kappa shape index (κ2) is 3.72. The summed E-state index contributed by atoms with van der Waals surface area (Å²) in [6.07, 6.45) is 1.73. The average molecular weight is 182 g/mol. The topological polar surface area (TPSA) is 12.9 Å². The fourth-order valence-corrected chi connectivity index (χ4v) is 1.10. The lowest BCUT2D eigenvalue weighted by molar-refractivity contribution is 1.29. The molecular weight excluding hydrogens is 170 g/mol. The number of pyridine rings is 1. The lowest BCUT2D eigenvalue weighted by Gasteiger charge is -2.03. The molecule has 12 heavy (non-hydrogen) atoms. The summed E-state index contributed by atoms with van der Waals surface area (Å²) in [5, 5.41) is 0.549. The summed E-state index contributed by atoms with van der Waals surface area (Å²) in [7, 11) is 0. The third-order valence-corrected chi connectivity index (χ3v) is 2.12. The summed E-state index contributed by atoms with van der Waals surface area (Å²) >= 11 is 5.76. The van der Waals surface area contributed by atoms with Crippen LogP contribution in [0.4, 0.5) is 0 Å². The minimum atomic E-state index is 0.549. The second-order valence-corrected chi connectivity index (χ2v) is 3.38. The van der Waals surface area contributed by atoms with Gasteiger partial charge in [-0.1, -0.05) is 17.2 Å². The van der Waals surface area contributed by atoms with Gasteiger partial charge in [0.25, 0.3) is 0 Å². The van der Waals surface area contributed by atoms with E-state index in [0.717, 1.165) is 5.56 Å². The van der Waals surface area contributed by atoms with Crippen molar-refractivity contribution in [1.29, 1.82) is 0 Å². The van der Waals surface area contributed by atoms with Crippen LogP contribution < -0.4 is 0 Å². The van der Waals surface area contributed by atoms with Crippen molar-refractivity contribution >= 4 is 17.2 Å². The summed E-state index contributed by atoms with van der Waals surface area (Å²) in [5.74, 6) is 0. The molecule has 1 aromatic heterocycles. The Morgan fingerprint density at radius 2 is 2.00 bits per heavy atom. The van der Waals surface area contributed by atoms with Crippen LogP contribution in [0, 0.1) is 0 Å². The predicted molar refractivity (Wildman–Crippen MR) is 53.2 cm³/mol. The van der Waals surface area contributed by atoms with E-state index in [1.165, 1.54) is 11.1 Å². The number of hydrogen-bond acceptors (Lipinski definition) is 1. The summed E-state index contributed by atoms with van der Waals surface area (Å²) in [6, 6.07) is 3.85. The number of nitrogens with zero attached hydrogens (tertiary/aromatic N) is 1. The van der Waals surface area contributed by atoms with Gasteiger partial charge in [-0.2, -0.15) is 0 Å². The van der Waals surface area contributed by atoms with Crippen LogP contribution in [0.1, 0.15) is 26.3 Å². The molecule has 64 valence electrons. The van der Waals surface area contributed by atoms with Crippen LogP contribution in [0.3, 0.4) is 0 Å². The van der Waals surface area contributed by atoms with Gasteiger partial charge in [-0.25, -0.2) is 4.98 Å². The highest BCUT2D eigenvalue weighted by atomic mass is 35.5. The van der Waals surface area contributed by atoms with Crippen molar-refractivity contribution < 1.29 is 0 Å². The fourth-order valence-electron chi connectivity index (χ4n) is 0.924. The molecule has 0 radical (unpaired) electrons. The van der Waals surface area contributed by atoms with E-state index in [4.69, 9.17) is 11.6 Å². The summed E-state index contributed by atoms with van der Waals surface area (Å²) in [6.45, 7) is 6.26. The number of hydrogen-bond donors (Lipinski definition) is 0. The van der Waals surface area contributed by atoms with Crippen LogP contribution in [-0.2, 0) is 0 Å². The Hall–Kier alpha value is -0.820. The largest absolute Gasteiger partial charge is 0.245 e. The molecule has 0 fully saturated rings. The van der Waals surface area contributed by atoms with Gasteiger partial charge in [-0.05, 0) is 44.0 Å². The normalized spacial score (nSPS) is 9.67. The molecule has 0 aliphatic rings. The van der Waals surface area contributed by atoms with Gasteiger partial charge < -0.3 is 0 Å². The monoisotopic (exact) mass is 181 g/mol. The molecule has 0 unspecified atom stereocenters. The van der Waals surface area contributed by atoms with E-state index in [2.05, 4.69) is 25.8 Å². The molecular formula is C10H12ClN. The molecule has 0 aliphatic heterocycles. The number of aromatic nitrogens is 1. The van der Waals surface area contributed by atoms with Crippen molar-refractivity contribution in [2.45, 2.75) is 20.8 Å². The van der Waals surface area contributed by atoms with E-state index >= 15 is 0 Å². The molecule has 0 bridgehead atoms. The number of allylic oxidation sites excluding steroid dienone is 2. The molecule has 0 N–H and O–H groups in total. The van der Waals surface area contributed by atoms with E-state index in [0.29, 0.717) is 5.15 Å². The highest BCUT2D eigenvalue weighted by Crippen LogP contribution is 2.19. The first-order valence-corrected chi connectivity index (χ1v) is 4.25. The minimum absolute atomic E-state index is 0.549. The van der Waals surface area contributed by atoms with E-state index < -0.39 is 0 Å². The molecule has 0 aromatic carbocycles. The Morgan fingerprint density at radius 3 is 2.50 bits per heavy atom. The van der Waals surface area contributed by atoms with Crippen LogP contribution in [0.15, 0.2) is 23.9 Å². The average Bonchev–Trinajstić information content (AvgIpc) is 2.03. The molecule has 0 amide bonds. The minimum Gasteiger partial charge on any atom is -0.245 e.